The first-order chi connectivity index (χ1) is 38.1. The maximum Gasteiger partial charge on any atom is 0.229 e. The van der Waals surface area contributed by atoms with Crippen molar-refractivity contribution in [2.75, 3.05) is 19.0 Å². The van der Waals surface area contributed by atoms with Crippen LogP contribution in [0.3, 0.4) is 0 Å². The highest BCUT2D eigenvalue weighted by molar-refractivity contribution is 6.18. The van der Waals surface area contributed by atoms with Crippen molar-refractivity contribution in [1.29, 1.82) is 0 Å². The maximum atomic E-state index is 12.9. The number of nitrogens with zero attached hydrogens (tertiary/aromatic N) is 1. The van der Waals surface area contributed by atoms with Gasteiger partial charge in [-0.1, -0.05) is 233 Å². The molecule has 0 aromatic heterocycles. The molecular weight excluding hydrogens is 1040 g/mol. The molecule has 83 heavy (non-hydrogen) atoms. The molecule has 1 atom stereocenters. The SMILES string of the molecule is C.C.CC(C)C1CC1.CC(C)CC1(CCl)CC1.CC(C)CC1CCCO1.CC(C)CCCN1C(=O)CCC1=O.CC(C)Cc1ccccc1F.Cc1ccc(CC(C)C)cc1.Cc1ccc(CC(C)C)cc1.Cc1cccc(CC(C)C)c1. The standard InChI is InChI=1S/3C11H16.C10H13F.C10H17NO2.C8H15Cl.C8H16O.C6H12.2CH4/c2*1-9(2)8-11-6-4-10(3)5-7-11;1-9(2)7-11-6-4-5-10(3)8-11;1-8(2)7-9-5-3-4-6-10(9)11;1-8(2)4-3-7-11-9(12)5-6-10(11)13;1-7(2)5-8(6-9)3-4-8;1-7(2)6-8-4-3-5-9-8;1-5(2)6-3-4-6;;/h2*4-7,9H,8H2,1-3H3;4-6,8-9H,7H2,1-3H3;3-6,8H,7H2,1-2H3;8H,3-7H2,1-2H3;7H,3-6H2,1-2H3;7-8H,3-6H2,1-2H3;5-6H,3-4H2,1-2H3;2*1H4. The molecule has 0 radical (unpaired) electrons. The van der Waals surface area contributed by atoms with E-state index in [1.54, 1.807) is 6.07 Å². The summed E-state index contributed by atoms with van der Waals surface area (Å²) < 4.78 is 18.4. The van der Waals surface area contributed by atoms with E-state index < -0.39 is 0 Å². The van der Waals surface area contributed by atoms with Crippen molar-refractivity contribution in [3.05, 3.63) is 142 Å². The van der Waals surface area contributed by atoms with E-state index in [0.29, 0.717) is 42.7 Å². The van der Waals surface area contributed by atoms with Gasteiger partial charge in [-0.2, -0.15) is 0 Å². The van der Waals surface area contributed by atoms with Crippen LogP contribution >= 0.6 is 11.6 Å². The van der Waals surface area contributed by atoms with Gasteiger partial charge in [-0.15, -0.1) is 11.6 Å². The van der Waals surface area contributed by atoms with Crippen molar-refractivity contribution in [1.82, 2.24) is 4.90 Å². The number of hydrogen-bond acceptors (Lipinski definition) is 3. The lowest BCUT2D eigenvalue weighted by Crippen LogP contribution is -2.30. The second-order valence-corrected chi connectivity index (χ2v) is 27.8. The molecule has 2 aliphatic carbocycles. The van der Waals surface area contributed by atoms with E-state index >= 15 is 0 Å². The van der Waals surface area contributed by atoms with Crippen LogP contribution in [-0.4, -0.2) is 41.8 Å². The van der Waals surface area contributed by atoms with Crippen molar-refractivity contribution >= 4 is 23.4 Å². The Bertz CT molecular complexity index is 2140. The zero-order valence-electron chi connectivity index (χ0n) is 55.4. The summed E-state index contributed by atoms with van der Waals surface area (Å²) in [7, 11) is 0. The molecular formula is C77H129ClFNO3. The van der Waals surface area contributed by atoms with Gasteiger partial charge in [0.05, 0.1) is 6.10 Å². The lowest BCUT2D eigenvalue weighted by molar-refractivity contribution is -0.138. The number of benzene rings is 4. The Morgan fingerprint density at radius 1 is 0.554 bits per heavy atom. The molecule has 2 amide bonds. The van der Waals surface area contributed by atoms with Gasteiger partial charge in [-0.05, 0) is 198 Å². The molecule has 474 valence electrons. The third-order valence-electron chi connectivity index (χ3n) is 14.6. The molecule has 0 N–H and O–H groups in total. The minimum atomic E-state index is -0.0822. The number of carbonyl (C=O) groups excluding carboxylic acids is 2. The summed E-state index contributed by atoms with van der Waals surface area (Å²) in [6.07, 6.45) is 18.7. The second-order valence-electron chi connectivity index (χ2n) is 27.5. The summed E-state index contributed by atoms with van der Waals surface area (Å²) in [5, 5.41) is 0. The predicted molar refractivity (Wildman–Crippen MR) is 365 cm³/mol. The minimum Gasteiger partial charge on any atom is -0.378 e. The van der Waals surface area contributed by atoms with E-state index in [1.807, 2.05) is 12.1 Å². The van der Waals surface area contributed by atoms with Crippen LogP contribution in [-0.2, 0) is 40.0 Å². The van der Waals surface area contributed by atoms with E-state index in [2.05, 4.69) is 204 Å². The fourth-order valence-corrected chi connectivity index (χ4v) is 10.3. The smallest absolute Gasteiger partial charge is 0.229 e. The Balaban J connectivity index is 0. The molecule has 0 bridgehead atoms. The number of amides is 2. The van der Waals surface area contributed by atoms with Crippen LogP contribution in [0.5, 0.6) is 0 Å². The quantitative estimate of drug-likeness (QED) is 0.0737. The Morgan fingerprint density at radius 2 is 1.04 bits per heavy atom. The van der Waals surface area contributed by atoms with E-state index in [-0.39, 0.29) is 32.5 Å². The fourth-order valence-electron chi connectivity index (χ4n) is 9.89. The number of carbonyl (C=O) groups is 2. The zero-order chi connectivity index (χ0) is 61.1. The molecule has 2 aliphatic heterocycles. The van der Waals surface area contributed by atoms with Crippen LogP contribution in [0.2, 0.25) is 0 Å². The molecule has 4 fully saturated rings. The lowest BCUT2D eigenvalue weighted by atomic mass is 9.96. The Hall–Kier alpha value is -3.80. The Morgan fingerprint density at radius 3 is 1.37 bits per heavy atom. The number of likely N-dealkylation sites (tertiary alicyclic amines) is 1. The summed E-state index contributed by atoms with van der Waals surface area (Å²) in [6.45, 7) is 43.6. The van der Waals surface area contributed by atoms with Gasteiger partial charge in [0.1, 0.15) is 5.82 Å². The van der Waals surface area contributed by atoms with Gasteiger partial charge in [0.2, 0.25) is 11.8 Å². The van der Waals surface area contributed by atoms with Gasteiger partial charge in [0.25, 0.3) is 0 Å². The Labute approximate surface area is 519 Å². The molecule has 2 saturated heterocycles. The minimum absolute atomic E-state index is 0. The molecule has 2 heterocycles. The lowest BCUT2D eigenvalue weighted by Gasteiger charge is -2.13. The first kappa shape index (κ1) is 81.3. The zero-order valence-corrected chi connectivity index (χ0v) is 56.1. The number of rotatable bonds is 18. The molecule has 4 aromatic rings. The normalized spacial score (nSPS) is 15.4. The van der Waals surface area contributed by atoms with Gasteiger partial charge < -0.3 is 4.74 Å². The summed E-state index contributed by atoms with van der Waals surface area (Å²) >= 11 is 5.80. The van der Waals surface area contributed by atoms with Gasteiger partial charge >= 0.3 is 0 Å². The number of imide groups is 1. The van der Waals surface area contributed by atoms with E-state index in [1.165, 1.54) is 115 Å². The molecule has 4 nitrogen and oxygen atoms in total. The topological polar surface area (TPSA) is 46.6 Å². The average Bonchev–Trinajstić information content (AvgIpc) is 4.42. The van der Waals surface area contributed by atoms with Gasteiger partial charge in [0, 0.05) is 31.9 Å². The highest BCUT2D eigenvalue weighted by Gasteiger charge is 2.41. The summed E-state index contributed by atoms with van der Waals surface area (Å²) in [6, 6.07) is 33.3. The van der Waals surface area contributed by atoms with Gasteiger partial charge in [-0.3, -0.25) is 14.5 Å². The number of halogens is 2. The van der Waals surface area contributed by atoms with Gasteiger partial charge in [-0.25, -0.2) is 4.39 Å². The predicted octanol–water partition coefficient (Wildman–Crippen LogP) is 22.8. The molecule has 1 unspecified atom stereocenters. The van der Waals surface area contributed by atoms with Crippen LogP contribution < -0.4 is 0 Å². The van der Waals surface area contributed by atoms with Crippen molar-refractivity contribution in [2.45, 2.75) is 255 Å². The van der Waals surface area contributed by atoms with Crippen molar-refractivity contribution in [3.63, 3.8) is 0 Å². The van der Waals surface area contributed by atoms with Crippen LogP contribution in [0.4, 0.5) is 4.39 Å². The van der Waals surface area contributed by atoms with Crippen LogP contribution in [0, 0.1) is 85.3 Å². The second kappa shape index (κ2) is 45.5. The third kappa shape index (κ3) is 42.6. The summed E-state index contributed by atoms with van der Waals surface area (Å²) in [5.74, 6) is 7.95. The molecule has 0 spiro atoms. The largest absolute Gasteiger partial charge is 0.378 e. The van der Waals surface area contributed by atoms with E-state index in [9.17, 15) is 14.0 Å². The molecule has 4 aliphatic rings. The van der Waals surface area contributed by atoms with Crippen molar-refractivity contribution in [3.8, 4) is 0 Å². The van der Waals surface area contributed by atoms with Crippen LogP contribution in [0.25, 0.3) is 0 Å². The van der Waals surface area contributed by atoms with Gasteiger partial charge in [0.15, 0.2) is 0 Å². The summed E-state index contributed by atoms with van der Waals surface area (Å²) in [4.78, 5) is 23.7. The molecule has 6 heteroatoms. The van der Waals surface area contributed by atoms with Crippen LogP contribution in [0.1, 0.15) is 242 Å². The number of aryl methyl sites for hydroxylation is 3. The Kier molecular flexibility index (Phi) is 44.6. The first-order valence-electron chi connectivity index (χ1n) is 32.0. The summed E-state index contributed by atoms with van der Waals surface area (Å²) in [5.41, 5.74) is 9.81. The first-order valence-corrected chi connectivity index (χ1v) is 32.6. The number of hydrogen-bond donors (Lipinski definition) is 0. The average molecular weight is 1170 g/mol. The van der Waals surface area contributed by atoms with E-state index in [0.717, 1.165) is 78.7 Å². The highest BCUT2D eigenvalue weighted by atomic mass is 35.5. The maximum absolute atomic E-state index is 12.9. The molecule has 8 rings (SSSR count). The fraction of sp³-hybridized carbons (Fsp3) is 0.662. The third-order valence-corrected chi connectivity index (χ3v) is 15.1. The number of ether oxygens (including phenoxy) is 1. The van der Waals surface area contributed by atoms with Crippen LogP contribution in [0.15, 0.2) is 97.1 Å². The van der Waals surface area contributed by atoms with Crippen molar-refractivity contribution in [2.24, 2.45) is 58.7 Å². The van der Waals surface area contributed by atoms with Crippen molar-refractivity contribution < 1.29 is 18.7 Å². The van der Waals surface area contributed by atoms with E-state index in [4.69, 9.17) is 16.3 Å². The molecule has 2 saturated carbocycles. The number of alkyl halides is 1. The highest BCUT2D eigenvalue weighted by Crippen LogP contribution is 2.51. The molecule has 4 aromatic carbocycles. The monoisotopic (exact) mass is 1170 g/mol.